The molecule has 0 aliphatic rings. The summed E-state index contributed by atoms with van der Waals surface area (Å²) in [6, 6.07) is 14.2. The van der Waals surface area contributed by atoms with Crippen LogP contribution in [0.2, 0.25) is 0 Å². The van der Waals surface area contributed by atoms with E-state index in [1.807, 2.05) is 31.2 Å². The van der Waals surface area contributed by atoms with Crippen LogP contribution in [-0.4, -0.2) is 18.0 Å². The number of rotatable bonds is 6. The number of hydrogen-bond acceptors (Lipinski definition) is 4. The summed E-state index contributed by atoms with van der Waals surface area (Å²) in [6.07, 6.45) is -2.52. The second kappa shape index (κ2) is 6.64. The zero-order valence-corrected chi connectivity index (χ0v) is 12.5. The molecule has 0 fully saturated rings. The summed E-state index contributed by atoms with van der Waals surface area (Å²) in [7, 11) is 0. The molecule has 0 radical (unpaired) electrons. The fourth-order valence-electron chi connectivity index (χ4n) is 2.23. The van der Waals surface area contributed by atoms with E-state index in [2.05, 4.69) is 10.3 Å². The van der Waals surface area contributed by atoms with Gasteiger partial charge in [0.15, 0.2) is 5.58 Å². The van der Waals surface area contributed by atoms with Crippen molar-refractivity contribution in [3.05, 3.63) is 54.4 Å². The van der Waals surface area contributed by atoms with Crippen LogP contribution in [-0.2, 0) is 0 Å². The summed E-state index contributed by atoms with van der Waals surface area (Å²) in [5, 5.41) is 3.19. The molecular formula is C17H16F2N2O2. The van der Waals surface area contributed by atoms with Crippen molar-refractivity contribution >= 4 is 16.8 Å². The molecule has 6 heteroatoms. The van der Waals surface area contributed by atoms with Gasteiger partial charge in [0.1, 0.15) is 23.9 Å². The van der Waals surface area contributed by atoms with E-state index in [-0.39, 0.29) is 6.04 Å². The molecule has 0 aliphatic heterocycles. The normalized spacial score (nSPS) is 12.5. The lowest BCUT2D eigenvalue weighted by molar-refractivity contribution is 0.0822. The molecule has 0 amide bonds. The minimum Gasteiger partial charge on any atom is -0.485 e. The van der Waals surface area contributed by atoms with Gasteiger partial charge in [0.25, 0.3) is 6.43 Å². The maximum atomic E-state index is 12.3. The van der Waals surface area contributed by atoms with Crippen LogP contribution in [0.5, 0.6) is 5.75 Å². The van der Waals surface area contributed by atoms with Crippen molar-refractivity contribution in [2.45, 2.75) is 19.4 Å². The maximum absolute atomic E-state index is 12.3. The van der Waals surface area contributed by atoms with E-state index >= 15 is 0 Å². The van der Waals surface area contributed by atoms with Gasteiger partial charge in [0.2, 0.25) is 5.89 Å². The Morgan fingerprint density at radius 1 is 1.13 bits per heavy atom. The molecular weight excluding hydrogens is 302 g/mol. The van der Waals surface area contributed by atoms with Gasteiger partial charge in [-0.2, -0.15) is 0 Å². The molecule has 4 nitrogen and oxygen atoms in total. The second-order valence-corrected chi connectivity index (χ2v) is 5.08. The van der Waals surface area contributed by atoms with Gasteiger partial charge < -0.3 is 14.5 Å². The highest BCUT2D eigenvalue weighted by molar-refractivity contribution is 5.72. The number of benzene rings is 2. The van der Waals surface area contributed by atoms with Gasteiger partial charge >= 0.3 is 0 Å². The number of para-hydroxylation sites is 4. The Hall–Kier alpha value is -2.63. The molecule has 1 heterocycles. The lowest BCUT2D eigenvalue weighted by atomic mass is 10.2. The SMILES string of the molecule is CC(Nc1ccccc1OCC(F)F)c1nc2ccccc2o1. The quantitative estimate of drug-likeness (QED) is 0.719. The van der Waals surface area contributed by atoms with E-state index in [1.165, 1.54) is 0 Å². The molecule has 0 spiro atoms. The summed E-state index contributed by atoms with van der Waals surface area (Å²) in [4.78, 5) is 4.42. The van der Waals surface area contributed by atoms with E-state index in [0.29, 0.717) is 22.9 Å². The minimum atomic E-state index is -2.52. The van der Waals surface area contributed by atoms with E-state index in [0.717, 1.165) is 5.52 Å². The van der Waals surface area contributed by atoms with Crippen molar-refractivity contribution in [2.75, 3.05) is 11.9 Å². The number of halogens is 2. The van der Waals surface area contributed by atoms with Crippen LogP contribution in [0.25, 0.3) is 11.1 Å². The smallest absolute Gasteiger partial charge is 0.272 e. The fraction of sp³-hybridized carbons (Fsp3) is 0.235. The molecule has 3 rings (SSSR count). The largest absolute Gasteiger partial charge is 0.485 e. The molecule has 3 aromatic rings. The number of fused-ring (bicyclic) bond motifs is 1. The van der Waals surface area contributed by atoms with E-state index < -0.39 is 13.0 Å². The van der Waals surface area contributed by atoms with Gasteiger partial charge in [0, 0.05) is 0 Å². The average molecular weight is 318 g/mol. The molecule has 0 aliphatic carbocycles. The molecule has 0 saturated heterocycles. The van der Waals surface area contributed by atoms with E-state index in [4.69, 9.17) is 9.15 Å². The molecule has 1 unspecified atom stereocenters. The van der Waals surface area contributed by atoms with Gasteiger partial charge in [-0.1, -0.05) is 24.3 Å². The first-order valence-electron chi connectivity index (χ1n) is 7.25. The van der Waals surface area contributed by atoms with Crippen LogP contribution >= 0.6 is 0 Å². The highest BCUT2D eigenvalue weighted by atomic mass is 19.3. The van der Waals surface area contributed by atoms with Crippen LogP contribution in [0, 0.1) is 0 Å². The Kier molecular flexibility index (Phi) is 4.41. The van der Waals surface area contributed by atoms with Crippen LogP contribution < -0.4 is 10.1 Å². The molecule has 0 bridgehead atoms. The van der Waals surface area contributed by atoms with E-state index in [1.54, 1.807) is 24.3 Å². The Bertz CT molecular complexity index is 756. The van der Waals surface area contributed by atoms with Crippen LogP contribution in [0.3, 0.4) is 0 Å². The summed E-state index contributed by atoms with van der Waals surface area (Å²) >= 11 is 0. The zero-order chi connectivity index (χ0) is 16.2. The zero-order valence-electron chi connectivity index (χ0n) is 12.5. The van der Waals surface area contributed by atoms with Gasteiger partial charge in [-0.05, 0) is 31.2 Å². The Morgan fingerprint density at radius 3 is 2.65 bits per heavy atom. The summed E-state index contributed by atoms with van der Waals surface area (Å²) in [6.45, 7) is 1.24. The second-order valence-electron chi connectivity index (χ2n) is 5.08. The molecule has 23 heavy (non-hydrogen) atoms. The number of ether oxygens (including phenoxy) is 1. The van der Waals surface area contributed by atoms with Crippen LogP contribution in [0.1, 0.15) is 18.9 Å². The lowest BCUT2D eigenvalue weighted by Crippen LogP contribution is -2.11. The van der Waals surface area contributed by atoms with Crippen molar-refractivity contribution in [2.24, 2.45) is 0 Å². The van der Waals surface area contributed by atoms with Crippen molar-refractivity contribution in [1.82, 2.24) is 4.98 Å². The van der Waals surface area contributed by atoms with Gasteiger partial charge in [0.05, 0.1) is 5.69 Å². The Labute approximate surface area is 132 Å². The Morgan fingerprint density at radius 2 is 1.87 bits per heavy atom. The topological polar surface area (TPSA) is 47.3 Å². The van der Waals surface area contributed by atoms with Crippen LogP contribution in [0.4, 0.5) is 14.5 Å². The number of alkyl halides is 2. The minimum absolute atomic E-state index is 0.237. The average Bonchev–Trinajstić information content (AvgIpc) is 2.98. The molecule has 1 aromatic heterocycles. The van der Waals surface area contributed by atoms with E-state index in [9.17, 15) is 8.78 Å². The van der Waals surface area contributed by atoms with Gasteiger partial charge in [-0.3, -0.25) is 0 Å². The lowest BCUT2D eigenvalue weighted by Gasteiger charge is -2.16. The van der Waals surface area contributed by atoms with Gasteiger partial charge in [-0.25, -0.2) is 13.8 Å². The first-order chi connectivity index (χ1) is 11.1. The summed E-state index contributed by atoms with van der Waals surface area (Å²) < 4.78 is 35.5. The van der Waals surface area contributed by atoms with Crippen molar-refractivity contribution in [1.29, 1.82) is 0 Å². The molecule has 2 aromatic carbocycles. The predicted molar refractivity (Wildman–Crippen MR) is 84.0 cm³/mol. The van der Waals surface area contributed by atoms with Crippen LogP contribution in [0.15, 0.2) is 52.9 Å². The van der Waals surface area contributed by atoms with Crippen molar-refractivity contribution in [3.8, 4) is 5.75 Å². The first-order valence-corrected chi connectivity index (χ1v) is 7.25. The highest BCUT2D eigenvalue weighted by Gasteiger charge is 2.15. The number of nitrogens with zero attached hydrogens (tertiary/aromatic N) is 1. The number of aromatic nitrogens is 1. The molecule has 120 valence electrons. The monoisotopic (exact) mass is 318 g/mol. The van der Waals surface area contributed by atoms with Crippen molar-refractivity contribution in [3.63, 3.8) is 0 Å². The third-order valence-corrected chi connectivity index (χ3v) is 3.30. The predicted octanol–water partition coefficient (Wildman–Crippen LogP) is 4.64. The van der Waals surface area contributed by atoms with Crippen molar-refractivity contribution < 1.29 is 17.9 Å². The molecule has 1 atom stereocenters. The number of hydrogen-bond donors (Lipinski definition) is 1. The highest BCUT2D eigenvalue weighted by Crippen LogP contribution is 2.29. The number of nitrogens with one attached hydrogen (secondary N) is 1. The maximum Gasteiger partial charge on any atom is 0.272 e. The summed E-state index contributed by atoms with van der Waals surface area (Å²) in [5.41, 5.74) is 2.10. The fourth-order valence-corrected chi connectivity index (χ4v) is 2.23. The molecule has 1 N–H and O–H groups in total. The summed E-state index contributed by atoms with van der Waals surface area (Å²) in [5.74, 6) is 0.894. The third kappa shape index (κ3) is 3.59. The first kappa shape index (κ1) is 15.3. The van der Waals surface area contributed by atoms with Gasteiger partial charge in [-0.15, -0.1) is 0 Å². The molecule has 0 saturated carbocycles. The number of oxazole rings is 1. The number of anilines is 1. The third-order valence-electron chi connectivity index (χ3n) is 3.30. The standard InChI is InChI=1S/C17H16F2N2O2/c1-11(17-21-13-7-3-5-9-15(13)23-17)20-12-6-2-4-8-14(12)22-10-16(18)19/h2-9,11,16,20H,10H2,1H3. The Balaban J connectivity index is 1.78.